The van der Waals surface area contributed by atoms with Gasteiger partial charge in [-0.1, -0.05) is 31.2 Å². The summed E-state index contributed by atoms with van der Waals surface area (Å²) < 4.78 is 0. The van der Waals surface area contributed by atoms with E-state index >= 15 is 0 Å². The molecule has 0 heterocycles. The first-order chi connectivity index (χ1) is 9.15. The molecule has 1 nitrogen and oxygen atoms in total. The molecule has 0 fully saturated rings. The van der Waals surface area contributed by atoms with Crippen LogP contribution in [0.25, 0.3) is 5.57 Å². The Balaban J connectivity index is 0.00000147. The van der Waals surface area contributed by atoms with E-state index in [1.54, 1.807) is 22.3 Å². The molecule has 0 radical (unpaired) electrons. The molecular weight excluding hydrogens is 266 g/mol. The normalized spacial score (nSPS) is 25.1. The van der Waals surface area contributed by atoms with Crippen LogP contribution < -0.4 is 0 Å². The number of rotatable bonds is 2. The van der Waals surface area contributed by atoms with Crippen molar-refractivity contribution in [3.63, 3.8) is 0 Å². The highest BCUT2D eigenvalue weighted by Gasteiger charge is 2.24. The Morgan fingerprint density at radius 1 is 1.10 bits per heavy atom. The van der Waals surface area contributed by atoms with Gasteiger partial charge in [-0.05, 0) is 74.4 Å². The molecular formula is C18H26ClN. The van der Waals surface area contributed by atoms with Crippen molar-refractivity contribution >= 4 is 18.0 Å². The molecule has 0 amide bonds. The molecule has 0 aliphatic heterocycles. The Kier molecular flexibility index (Phi) is 4.93. The second-order valence-electron chi connectivity index (χ2n) is 6.51. The monoisotopic (exact) mass is 291 g/mol. The van der Waals surface area contributed by atoms with Gasteiger partial charge in [0.05, 0.1) is 0 Å². The van der Waals surface area contributed by atoms with Crippen molar-refractivity contribution < 1.29 is 0 Å². The third-order valence-electron chi connectivity index (χ3n) is 4.89. The van der Waals surface area contributed by atoms with Gasteiger partial charge in [-0.3, -0.25) is 0 Å². The van der Waals surface area contributed by atoms with Gasteiger partial charge in [0.15, 0.2) is 0 Å². The average Bonchev–Trinajstić information content (AvgIpc) is 2.84. The molecule has 0 bridgehead atoms. The zero-order valence-electron chi connectivity index (χ0n) is 12.9. The molecule has 2 heteroatoms. The maximum Gasteiger partial charge on any atom is 0.0133 e. The van der Waals surface area contributed by atoms with Gasteiger partial charge in [0, 0.05) is 6.04 Å². The van der Waals surface area contributed by atoms with Gasteiger partial charge in [0.25, 0.3) is 0 Å². The summed E-state index contributed by atoms with van der Waals surface area (Å²) in [7, 11) is 4.43. The van der Waals surface area contributed by atoms with Crippen molar-refractivity contribution in [1.29, 1.82) is 0 Å². The zero-order chi connectivity index (χ0) is 13.4. The van der Waals surface area contributed by atoms with Crippen LogP contribution in [0.5, 0.6) is 0 Å². The maximum absolute atomic E-state index is 2.49. The van der Waals surface area contributed by atoms with Gasteiger partial charge in [0.2, 0.25) is 0 Å². The van der Waals surface area contributed by atoms with Gasteiger partial charge < -0.3 is 4.90 Å². The van der Waals surface area contributed by atoms with Crippen LogP contribution in [0.2, 0.25) is 0 Å². The molecule has 0 spiro atoms. The molecule has 0 unspecified atom stereocenters. The number of hydrogen-bond donors (Lipinski definition) is 0. The number of nitrogens with zero attached hydrogens (tertiary/aromatic N) is 1. The minimum atomic E-state index is 0. The highest BCUT2D eigenvalue weighted by Crippen LogP contribution is 2.36. The number of allylic oxidation sites excluding steroid dienone is 2. The molecule has 1 aromatic carbocycles. The lowest BCUT2D eigenvalue weighted by Crippen LogP contribution is -2.33. The standard InChI is InChI=1S/C18H25N.ClH/c1-13-7-8-15(11-13)17-6-4-5-14-9-10-16(19(2)3)12-18(14)17;/h4-6,11,13,16H,7-10,12H2,1-3H3;1H/t13-,16-;/m1./s1. The Bertz CT molecular complexity index is 504. The number of hydrogen-bond acceptors (Lipinski definition) is 1. The van der Waals surface area contributed by atoms with Crippen molar-refractivity contribution in [3.8, 4) is 0 Å². The van der Waals surface area contributed by atoms with Crippen molar-refractivity contribution in [2.45, 2.75) is 45.1 Å². The fourth-order valence-corrected chi connectivity index (χ4v) is 3.63. The van der Waals surface area contributed by atoms with Gasteiger partial charge in [-0.2, -0.15) is 0 Å². The van der Waals surface area contributed by atoms with E-state index in [9.17, 15) is 0 Å². The number of halogens is 1. The largest absolute Gasteiger partial charge is 0.306 e. The van der Waals surface area contributed by atoms with Crippen LogP contribution in [0, 0.1) is 5.92 Å². The van der Waals surface area contributed by atoms with Crippen LogP contribution in [0.1, 0.15) is 42.9 Å². The van der Waals surface area contributed by atoms with E-state index in [2.05, 4.69) is 50.2 Å². The molecule has 0 aromatic heterocycles. The van der Waals surface area contributed by atoms with Crippen molar-refractivity contribution in [2.24, 2.45) is 5.92 Å². The summed E-state index contributed by atoms with van der Waals surface area (Å²) in [6, 6.07) is 7.66. The number of likely N-dealkylation sites (N-methyl/N-ethyl adjacent to an activating group) is 1. The molecule has 0 saturated carbocycles. The fourth-order valence-electron chi connectivity index (χ4n) is 3.63. The first-order valence-electron chi connectivity index (χ1n) is 7.63. The van der Waals surface area contributed by atoms with Crippen LogP contribution in [0.3, 0.4) is 0 Å². The predicted octanol–water partition coefficient (Wildman–Crippen LogP) is 4.34. The molecule has 1 aromatic rings. The Morgan fingerprint density at radius 2 is 1.90 bits per heavy atom. The lowest BCUT2D eigenvalue weighted by Gasteiger charge is -2.31. The first-order valence-corrected chi connectivity index (χ1v) is 7.63. The Hall–Kier alpha value is -0.790. The topological polar surface area (TPSA) is 3.24 Å². The molecule has 0 saturated heterocycles. The summed E-state index contributed by atoms with van der Waals surface area (Å²) in [5, 5.41) is 0. The first kappa shape index (κ1) is 15.6. The van der Waals surface area contributed by atoms with Crippen LogP contribution in [0.4, 0.5) is 0 Å². The third-order valence-corrected chi connectivity index (χ3v) is 4.89. The van der Waals surface area contributed by atoms with Gasteiger partial charge >= 0.3 is 0 Å². The second kappa shape index (κ2) is 6.32. The molecule has 3 rings (SSSR count). The minimum Gasteiger partial charge on any atom is -0.306 e. The second-order valence-corrected chi connectivity index (χ2v) is 6.51. The highest BCUT2D eigenvalue weighted by atomic mass is 35.5. The van der Waals surface area contributed by atoms with E-state index in [1.165, 1.54) is 32.1 Å². The lowest BCUT2D eigenvalue weighted by molar-refractivity contribution is 0.268. The summed E-state index contributed by atoms with van der Waals surface area (Å²) >= 11 is 0. The predicted molar refractivity (Wildman–Crippen MR) is 89.6 cm³/mol. The number of aryl methyl sites for hydroxylation is 1. The van der Waals surface area contributed by atoms with Gasteiger partial charge in [-0.25, -0.2) is 0 Å². The minimum absolute atomic E-state index is 0. The van der Waals surface area contributed by atoms with Crippen molar-refractivity contribution in [2.75, 3.05) is 14.1 Å². The van der Waals surface area contributed by atoms with E-state index in [-0.39, 0.29) is 12.4 Å². The van der Waals surface area contributed by atoms with Crippen LogP contribution >= 0.6 is 12.4 Å². The molecule has 2 aliphatic rings. The highest BCUT2D eigenvalue weighted by molar-refractivity contribution is 5.85. The van der Waals surface area contributed by atoms with Crippen LogP contribution in [-0.2, 0) is 12.8 Å². The van der Waals surface area contributed by atoms with Crippen LogP contribution in [0.15, 0.2) is 24.3 Å². The SMILES string of the molecule is C[C@H]1C=C(c2cccc3c2C[C@H](N(C)C)CC3)CC1.Cl. The molecule has 110 valence electrons. The lowest BCUT2D eigenvalue weighted by atomic mass is 9.83. The Labute approximate surface area is 129 Å². The molecule has 2 aliphatic carbocycles. The van der Waals surface area contributed by atoms with Crippen molar-refractivity contribution in [3.05, 3.63) is 41.0 Å². The summed E-state index contributed by atoms with van der Waals surface area (Å²) in [5.74, 6) is 0.763. The van der Waals surface area contributed by atoms with E-state index in [0.717, 1.165) is 5.92 Å². The molecule has 2 atom stereocenters. The van der Waals surface area contributed by atoms with E-state index in [1.807, 2.05) is 0 Å². The van der Waals surface area contributed by atoms with Gasteiger partial charge in [0.1, 0.15) is 0 Å². The van der Waals surface area contributed by atoms with Gasteiger partial charge in [-0.15, -0.1) is 12.4 Å². The maximum atomic E-state index is 2.49. The summed E-state index contributed by atoms with van der Waals surface area (Å²) in [6.45, 7) is 2.34. The summed E-state index contributed by atoms with van der Waals surface area (Å²) in [4.78, 5) is 2.39. The smallest absolute Gasteiger partial charge is 0.0133 e. The van der Waals surface area contributed by atoms with Crippen LogP contribution in [-0.4, -0.2) is 25.0 Å². The van der Waals surface area contributed by atoms with E-state index in [4.69, 9.17) is 0 Å². The van der Waals surface area contributed by atoms with E-state index in [0.29, 0.717) is 6.04 Å². The number of benzene rings is 1. The van der Waals surface area contributed by atoms with E-state index < -0.39 is 0 Å². The molecule has 20 heavy (non-hydrogen) atoms. The summed E-state index contributed by atoms with van der Waals surface area (Å²) in [6.07, 6.45) is 8.87. The molecule has 0 N–H and O–H groups in total. The summed E-state index contributed by atoms with van der Waals surface area (Å²) in [5.41, 5.74) is 6.38. The number of fused-ring (bicyclic) bond motifs is 1. The zero-order valence-corrected chi connectivity index (χ0v) is 13.7. The quantitative estimate of drug-likeness (QED) is 0.783. The fraction of sp³-hybridized carbons (Fsp3) is 0.556. The van der Waals surface area contributed by atoms with Crippen molar-refractivity contribution in [1.82, 2.24) is 4.90 Å². The third kappa shape index (κ3) is 2.94. The Morgan fingerprint density at radius 3 is 2.55 bits per heavy atom. The average molecular weight is 292 g/mol.